The van der Waals surface area contributed by atoms with Gasteiger partial charge in [0.15, 0.2) is 0 Å². The van der Waals surface area contributed by atoms with Gasteiger partial charge in [-0.05, 0) is 33.1 Å². The largest absolute Gasteiger partial charge is 0.383 e. The van der Waals surface area contributed by atoms with E-state index in [0.29, 0.717) is 12.3 Å². The van der Waals surface area contributed by atoms with Crippen LogP contribution in [0.25, 0.3) is 0 Å². The minimum atomic E-state index is -0.828. The lowest BCUT2D eigenvalue weighted by molar-refractivity contribution is -0.143. The van der Waals surface area contributed by atoms with Crippen molar-refractivity contribution >= 4 is 5.91 Å². The van der Waals surface area contributed by atoms with Crippen LogP contribution in [0.2, 0.25) is 0 Å². The number of nitrogens with zero attached hydrogens (tertiary/aromatic N) is 2. The number of rotatable bonds is 3. The number of carbonyl (C=O) groups excluding carboxylic acids is 1. The maximum Gasteiger partial charge on any atom is 0.251 e. The van der Waals surface area contributed by atoms with Gasteiger partial charge in [-0.15, -0.1) is 0 Å². The molecule has 1 saturated heterocycles. The van der Waals surface area contributed by atoms with E-state index in [-0.39, 0.29) is 11.4 Å². The zero-order valence-corrected chi connectivity index (χ0v) is 12.4. The molecule has 1 rings (SSSR count). The number of piperazine rings is 1. The van der Waals surface area contributed by atoms with E-state index in [9.17, 15) is 9.90 Å². The SMILES string of the molecule is CC(C)CC(O)C(=O)N1CCN(C(C)(C)C)CC1. The first-order chi connectivity index (χ1) is 8.21. The molecule has 4 nitrogen and oxygen atoms in total. The number of aliphatic hydroxyl groups is 1. The zero-order chi connectivity index (χ0) is 13.9. The molecule has 0 aromatic carbocycles. The minimum absolute atomic E-state index is 0.0998. The van der Waals surface area contributed by atoms with Crippen LogP contribution in [0.5, 0.6) is 0 Å². The third kappa shape index (κ3) is 4.25. The fourth-order valence-electron chi connectivity index (χ4n) is 2.36. The number of amides is 1. The van der Waals surface area contributed by atoms with Crippen molar-refractivity contribution in [3.8, 4) is 0 Å². The van der Waals surface area contributed by atoms with Crippen molar-refractivity contribution in [3.63, 3.8) is 0 Å². The van der Waals surface area contributed by atoms with Gasteiger partial charge in [-0.1, -0.05) is 13.8 Å². The molecule has 106 valence electrons. The highest BCUT2D eigenvalue weighted by Crippen LogP contribution is 2.17. The van der Waals surface area contributed by atoms with Gasteiger partial charge in [0.05, 0.1) is 0 Å². The van der Waals surface area contributed by atoms with Gasteiger partial charge >= 0.3 is 0 Å². The zero-order valence-electron chi connectivity index (χ0n) is 12.4. The van der Waals surface area contributed by atoms with Crippen molar-refractivity contribution in [2.75, 3.05) is 26.2 Å². The average Bonchev–Trinajstić information content (AvgIpc) is 2.26. The summed E-state index contributed by atoms with van der Waals surface area (Å²) in [5.74, 6) is 0.247. The van der Waals surface area contributed by atoms with Crippen LogP contribution in [0.1, 0.15) is 41.0 Å². The minimum Gasteiger partial charge on any atom is -0.383 e. The summed E-state index contributed by atoms with van der Waals surface area (Å²) in [5.41, 5.74) is 0.158. The fourth-order valence-corrected chi connectivity index (χ4v) is 2.36. The summed E-state index contributed by atoms with van der Waals surface area (Å²) < 4.78 is 0. The number of carbonyl (C=O) groups is 1. The maximum absolute atomic E-state index is 12.0. The van der Waals surface area contributed by atoms with Crippen LogP contribution in [-0.4, -0.2) is 58.6 Å². The monoisotopic (exact) mass is 256 g/mol. The second-order valence-corrected chi connectivity index (χ2v) is 6.63. The first-order valence-corrected chi connectivity index (χ1v) is 6.93. The Bertz CT molecular complexity index is 276. The molecule has 0 aromatic rings. The molecule has 1 heterocycles. The highest BCUT2D eigenvalue weighted by atomic mass is 16.3. The molecule has 1 fully saturated rings. The van der Waals surface area contributed by atoms with Crippen LogP contribution in [0, 0.1) is 5.92 Å². The van der Waals surface area contributed by atoms with Gasteiger partial charge in [-0.25, -0.2) is 0 Å². The summed E-state index contributed by atoms with van der Waals surface area (Å²) in [6.45, 7) is 13.9. The highest BCUT2D eigenvalue weighted by Gasteiger charge is 2.30. The quantitative estimate of drug-likeness (QED) is 0.828. The molecule has 0 aromatic heterocycles. The van der Waals surface area contributed by atoms with Gasteiger partial charge in [0.1, 0.15) is 6.10 Å². The molecule has 1 aliphatic rings. The Balaban J connectivity index is 2.45. The topological polar surface area (TPSA) is 43.8 Å². The third-order valence-electron chi connectivity index (χ3n) is 3.52. The standard InChI is InChI=1S/C14H28N2O2/c1-11(2)10-12(17)13(18)15-6-8-16(9-7-15)14(3,4)5/h11-12,17H,6-10H2,1-5H3. The Morgan fingerprint density at radius 1 is 1.17 bits per heavy atom. The second kappa shape index (κ2) is 6.02. The van der Waals surface area contributed by atoms with Crippen LogP contribution < -0.4 is 0 Å². The number of hydrogen-bond donors (Lipinski definition) is 1. The van der Waals surface area contributed by atoms with Crippen LogP contribution in [0.4, 0.5) is 0 Å². The van der Waals surface area contributed by atoms with E-state index in [1.807, 2.05) is 13.8 Å². The second-order valence-electron chi connectivity index (χ2n) is 6.63. The molecule has 0 bridgehead atoms. The Morgan fingerprint density at radius 3 is 2.06 bits per heavy atom. The van der Waals surface area contributed by atoms with Crippen molar-refractivity contribution < 1.29 is 9.90 Å². The van der Waals surface area contributed by atoms with Crippen LogP contribution in [0.3, 0.4) is 0 Å². The van der Waals surface area contributed by atoms with Gasteiger partial charge in [0, 0.05) is 31.7 Å². The van der Waals surface area contributed by atoms with Gasteiger partial charge in [0.2, 0.25) is 0 Å². The lowest BCUT2D eigenvalue weighted by atomic mass is 10.0. The molecule has 0 radical (unpaired) electrons. The van der Waals surface area contributed by atoms with E-state index in [0.717, 1.165) is 26.2 Å². The van der Waals surface area contributed by atoms with Crippen LogP contribution >= 0.6 is 0 Å². The maximum atomic E-state index is 12.0. The molecule has 0 saturated carbocycles. The van der Waals surface area contributed by atoms with Gasteiger partial charge in [-0.2, -0.15) is 0 Å². The van der Waals surface area contributed by atoms with Crippen LogP contribution in [-0.2, 0) is 4.79 Å². The van der Waals surface area contributed by atoms with Crippen molar-refractivity contribution in [1.29, 1.82) is 0 Å². The van der Waals surface area contributed by atoms with Crippen molar-refractivity contribution in [2.24, 2.45) is 5.92 Å². The van der Waals surface area contributed by atoms with Gasteiger partial charge in [0.25, 0.3) is 5.91 Å². The third-order valence-corrected chi connectivity index (χ3v) is 3.52. The van der Waals surface area contributed by atoms with Gasteiger partial charge in [-0.3, -0.25) is 9.69 Å². The molecule has 1 atom stereocenters. The van der Waals surface area contributed by atoms with Crippen molar-refractivity contribution in [1.82, 2.24) is 9.80 Å². The molecule has 0 aliphatic carbocycles. The summed E-state index contributed by atoms with van der Waals surface area (Å²) in [7, 11) is 0. The average molecular weight is 256 g/mol. The van der Waals surface area contributed by atoms with E-state index in [4.69, 9.17) is 0 Å². The van der Waals surface area contributed by atoms with E-state index < -0.39 is 6.10 Å². The molecule has 1 aliphatic heterocycles. The highest BCUT2D eigenvalue weighted by molar-refractivity contribution is 5.80. The van der Waals surface area contributed by atoms with Gasteiger partial charge < -0.3 is 10.0 Å². The van der Waals surface area contributed by atoms with E-state index in [1.54, 1.807) is 4.90 Å². The molecule has 0 spiro atoms. The molecular weight excluding hydrogens is 228 g/mol. The molecule has 1 unspecified atom stereocenters. The molecule has 1 amide bonds. The van der Waals surface area contributed by atoms with Crippen molar-refractivity contribution in [2.45, 2.75) is 52.7 Å². The summed E-state index contributed by atoms with van der Waals surface area (Å²) in [4.78, 5) is 16.2. The first-order valence-electron chi connectivity index (χ1n) is 6.93. The summed E-state index contributed by atoms with van der Waals surface area (Å²) in [6.07, 6.45) is -0.274. The Hall–Kier alpha value is -0.610. The normalized spacial score (nSPS) is 20.3. The summed E-state index contributed by atoms with van der Waals surface area (Å²) in [6, 6.07) is 0. The lowest BCUT2D eigenvalue weighted by Gasteiger charge is -2.42. The molecule has 4 heteroatoms. The van der Waals surface area contributed by atoms with E-state index >= 15 is 0 Å². The lowest BCUT2D eigenvalue weighted by Crippen LogP contribution is -2.56. The Labute approximate surface area is 111 Å². The Morgan fingerprint density at radius 2 is 1.67 bits per heavy atom. The van der Waals surface area contributed by atoms with E-state index in [2.05, 4.69) is 25.7 Å². The smallest absolute Gasteiger partial charge is 0.251 e. The molecular formula is C14H28N2O2. The first kappa shape index (κ1) is 15.4. The molecule has 1 N–H and O–H groups in total. The Kier molecular flexibility index (Phi) is 5.17. The fraction of sp³-hybridized carbons (Fsp3) is 0.929. The predicted octanol–water partition coefficient (Wildman–Crippen LogP) is 1.34. The van der Waals surface area contributed by atoms with Crippen molar-refractivity contribution in [3.05, 3.63) is 0 Å². The van der Waals surface area contributed by atoms with E-state index in [1.165, 1.54) is 0 Å². The summed E-state index contributed by atoms with van der Waals surface area (Å²) in [5, 5.41) is 9.86. The predicted molar refractivity (Wildman–Crippen MR) is 73.4 cm³/mol. The number of aliphatic hydroxyl groups excluding tert-OH is 1. The van der Waals surface area contributed by atoms with Crippen LogP contribution in [0.15, 0.2) is 0 Å². The number of hydrogen-bond acceptors (Lipinski definition) is 3. The summed E-state index contributed by atoms with van der Waals surface area (Å²) >= 11 is 0. The molecule has 18 heavy (non-hydrogen) atoms.